The predicted molar refractivity (Wildman–Crippen MR) is 68.6 cm³/mol. The summed E-state index contributed by atoms with van der Waals surface area (Å²) in [4.78, 5) is 10.2. The topological polar surface area (TPSA) is 37.3 Å². The number of carboxylic acids is 1. The lowest BCUT2D eigenvalue weighted by Gasteiger charge is -2.01. The van der Waals surface area contributed by atoms with E-state index in [0.717, 1.165) is 12.8 Å². The summed E-state index contributed by atoms with van der Waals surface area (Å²) in [5.74, 6) is -0.655. The molecule has 0 aromatic rings. The molecule has 0 unspecified atom stereocenters. The molecule has 0 heterocycles. The lowest BCUT2D eigenvalue weighted by atomic mass is 10.1. The van der Waals surface area contributed by atoms with Gasteiger partial charge in [-0.05, 0) is 6.42 Å². The molecular weight excluding hydrogens is 204 g/mol. The number of carboxylic acid groups (broad SMARTS) is 1. The van der Waals surface area contributed by atoms with E-state index in [4.69, 9.17) is 5.11 Å². The van der Waals surface area contributed by atoms with Crippen molar-refractivity contribution in [2.45, 2.75) is 70.3 Å². The predicted octanol–water partition coefficient (Wildman–Crippen LogP) is 2.76. The van der Waals surface area contributed by atoms with E-state index in [1.807, 2.05) is 0 Å². The van der Waals surface area contributed by atoms with Crippen LogP contribution in [0.1, 0.15) is 64.2 Å². The van der Waals surface area contributed by atoms with E-state index >= 15 is 0 Å². The summed E-state index contributed by atoms with van der Waals surface area (Å²) in [6, 6.07) is 1.45. The van der Waals surface area contributed by atoms with Gasteiger partial charge < -0.3 is 5.11 Å². The summed E-state index contributed by atoms with van der Waals surface area (Å²) < 4.78 is 0. The maximum Gasteiger partial charge on any atom is 0.303 e. The second-order valence-corrected chi connectivity index (χ2v) is 5.33. The average molecular weight is 230 g/mol. The lowest BCUT2D eigenvalue weighted by Crippen LogP contribution is -1.93. The van der Waals surface area contributed by atoms with Gasteiger partial charge in [0.2, 0.25) is 0 Å². The summed E-state index contributed by atoms with van der Waals surface area (Å²) >= 11 is 0. The maximum atomic E-state index is 10.2. The fourth-order valence-electron chi connectivity index (χ4n) is 1.76. The van der Waals surface area contributed by atoms with Crippen LogP contribution in [0.4, 0.5) is 0 Å². The second-order valence-electron chi connectivity index (χ2n) is 4.33. The summed E-state index contributed by atoms with van der Waals surface area (Å²) in [5.41, 5.74) is 0. The van der Waals surface area contributed by atoms with Crippen molar-refractivity contribution < 1.29 is 9.90 Å². The third-order valence-corrected chi connectivity index (χ3v) is 3.45. The Morgan fingerprint density at radius 1 is 0.800 bits per heavy atom. The van der Waals surface area contributed by atoms with Gasteiger partial charge in [-0.1, -0.05) is 57.4 Å². The van der Waals surface area contributed by atoms with Crippen molar-refractivity contribution in [2.75, 3.05) is 0 Å². The summed E-state index contributed by atoms with van der Waals surface area (Å²) in [7, 11) is 1.36. The summed E-state index contributed by atoms with van der Waals surface area (Å²) in [6.45, 7) is 0. The zero-order valence-corrected chi connectivity index (χ0v) is 12.1. The van der Waals surface area contributed by atoms with Crippen molar-refractivity contribution in [2.24, 2.45) is 0 Å². The molecule has 0 rings (SSSR count). The van der Waals surface area contributed by atoms with Crippen LogP contribution >= 0.6 is 0 Å². The van der Waals surface area contributed by atoms with Crippen LogP contribution < -0.4 is 0 Å². The number of carbonyl (C=O) groups is 1. The molecule has 0 saturated heterocycles. The SMILES string of the molecule is O=C(O)CCCCCCCCCCC[SiH3]. The summed E-state index contributed by atoms with van der Waals surface area (Å²) in [5, 5.41) is 8.44. The van der Waals surface area contributed by atoms with Gasteiger partial charge in [-0.15, -0.1) is 0 Å². The van der Waals surface area contributed by atoms with Crippen molar-refractivity contribution in [1.82, 2.24) is 0 Å². The number of hydrogen-bond donors (Lipinski definition) is 1. The first-order valence-electron chi connectivity index (χ1n) is 6.49. The van der Waals surface area contributed by atoms with Crippen LogP contribution in [-0.2, 0) is 4.79 Å². The van der Waals surface area contributed by atoms with Gasteiger partial charge in [0, 0.05) is 16.7 Å². The van der Waals surface area contributed by atoms with Crippen LogP contribution in [0.2, 0.25) is 6.04 Å². The second kappa shape index (κ2) is 11.8. The van der Waals surface area contributed by atoms with E-state index in [-0.39, 0.29) is 0 Å². The Labute approximate surface area is 96.9 Å². The zero-order chi connectivity index (χ0) is 11.4. The first-order chi connectivity index (χ1) is 7.27. The van der Waals surface area contributed by atoms with E-state index < -0.39 is 5.97 Å². The molecule has 0 bridgehead atoms. The standard InChI is InChI=1S/C12H26O2Si/c13-12(14)10-8-6-4-2-1-3-5-7-9-11-15/h1-11H2,15H3,(H,13,14). The Kier molecular flexibility index (Phi) is 11.5. The number of rotatable bonds is 11. The highest BCUT2D eigenvalue weighted by Gasteiger charge is 1.96. The van der Waals surface area contributed by atoms with Crippen LogP contribution in [-0.4, -0.2) is 21.3 Å². The van der Waals surface area contributed by atoms with Gasteiger partial charge in [0.15, 0.2) is 0 Å². The van der Waals surface area contributed by atoms with Crippen LogP contribution in [0.3, 0.4) is 0 Å². The lowest BCUT2D eigenvalue weighted by molar-refractivity contribution is -0.137. The van der Waals surface area contributed by atoms with Crippen molar-refractivity contribution in [3.8, 4) is 0 Å². The van der Waals surface area contributed by atoms with Gasteiger partial charge in [-0.2, -0.15) is 0 Å². The van der Waals surface area contributed by atoms with Gasteiger partial charge in [0.25, 0.3) is 0 Å². The van der Waals surface area contributed by atoms with Gasteiger partial charge in [0.05, 0.1) is 0 Å². The monoisotopic (exact) mass is 230 g/mol. The minimum atomic E-state index is -0.655. The van der Waals surface area contributed by atoms with Crippen molar-refractivity contribution >= 4 is 16.2 Å². The van der Waals surface area contributed by atoms with Gasteiger partial charge in [-0.25, -0.2) is 0 Å². The van der Waals surface area contributed by atoms with Gasteiger partial charge >= 0.3 is 5.97 Å². The quantitative estimate of drug-likeness (QED) is 0.438. The highest BCUT2D eigenvalue weighted by molar-refractivity contribution is 6.08. The Balaban J connectivity index is 2.89. The Morgan fingerprint density at radius 3 is 1.60 bits per heavy atom. The molecule has 2 nitrogen and oxygen atoms in total. The fourth-order valence-corrected chi connectivity index (χ4v) is 2.26. The number of hydrogen-bond acceptors (Lipinski definition) is 1. The zero-order valence-electron chi connectivity index (χ0n) is 10.1. The van der Waals surface area contributed by atoms with Crippen molar-refractivity contribution in [3.63, 3.8) is 0 Å². The molecule has 0 aromatic heterocycles. The minimum absolute atomic E-state index is 0.348. The van der Waals surface area contributed by atoms with Crippen LogP contribution in [0.5, 0.6) is 0 Å². The van der Waals surface area contributed by atoms with Crippen molar-refractivity contribution in [1.29, 1.82) is 0 Å². The fraction of sp³-hybridized carbons (Fsp3) is 0.917. The molecule has 0 aliphatic heterocycles. The summed E-state index contributed by atoms with van der Waals surface area (Å²) in [6.07, 6.45) is 11.8. The van der Waals surface area contributed by atoms with Crippen LogP contribution in [0.25, 0.3) is 0 Å². The molecule has 0 fully saturated rings. The van der Waals surface area contributed by atoms with Crippen molar-refractivity contribution in [3.05, 3.63) is 0 Å². The van der Waals surface area contributed by atoms with E-state index in [0.29, 0.717) is 6.42 Å². The Morgan fingerprint density at radius 2 is 1.20 bits per heavy atom. The molecule has 0 aliphatic carbocycles. The largest absolute Gasteiger partial charge is 0.481 e. The maximum absolute atomic E-state index is 10.2. The van der Waals surface area contributed by atoms with E-state index in [1.54, 1.807) is 0 Å². The molecular formula is C12H26O2Si. The molecule has 0 atom stereocenters. The van der Waals surface area contributed by atoms with Gasteiger partial charge in [-0.3, -0.25) is 4.79 Å². The molecule has 0 aliphatic rings. The van der Waals surface area contributed by atoms with Crippen LogP contribution in [0, 0.1) is 0 Å². The molecule has 0 saturated carbocycles. The highest BCUT2D eigenvalue weighted by atomic mass is 28.1. The molecule has 90 valence electrons. The number of unbranched alkanes of at least 4 members (excludes halogenated alkanes) is 8. The first kappa shape index (κ1) is 14.7. The van der Waals surface area contributed by atoms with E-state index in [2.05, 4.69) is 0 Å². The molecule has 3 heteroatoms. The normalized spacial score (nSPS) is 10.7. The van der Waals surface area contributed by atoms with E-state index in [1.165, 1.54) is 61.2 Å². The van der Waals surface area contributed by atoms with Gasteiger partial charge in [0.1, 0.15) is 0 Å². The average Bonchev–Trinajstić information content (AvgIpc) is 2.20. The van der Waals surface area contributed by atoms with E-state index in [9.17, 15) is 4.79 Å². The number of aliphatic carboxylic acids is 1. The Bertz CT molecular complexity index is 149. The molecule has 1 N–H and O–H groups in total. The molecule has 0 aromatic carbocycles. The highest BCUT2D eigenvalue weighted by Crippen LogP contribution is 2.10. The third kappa shape index (κ3) is 13.7. The molecule has 0 amide bonds. The molecule has 0 spiro atoms. The molecule has 0 radical (unpaired) electrons. The smallest absolute Gasteiger partial charge is 0.303 e. The third-order valence-electron chi connectivity index (χ3n) is 2.74. The minimum Gasteiger partial charge on any atom is -0.481 e. The first-order valence-corrected chi connectivity index (χ1v) is 7.90. The van der Waals surface area contributed by atoms with Crippen LogP contribution in [0.15, 0.2) is 0 Å². The Hall–Kier alpha value is -0.313. The molecule has 15 heavy (non-hydrogen) atoms.